The van der Waals surface area contributed by atoms with Crippen molar-refractivity contribution in [3.63, 3.8) is 0 Å². The number of unbranched alkanes of at least 4 members (excludes halogenated alkanes) is 11. The van der Waals surface area contributed by atoms with Gasteiger partial charge in [-0.2, -0.15) is 0 Å². The van der Waals surface area contributed by atoms with E-state index in [0.717, 1.165) is 52.2 Å². The van der Waals surface area contributed by atoms with Crippen molar-refractivity contribution in [2.24, 2.45) is 10.7 Å². The van der Waals surface area contributed by atoms with Gasteiger partial charge in [0.2, 0.25) is 0 Å². The third-order valence-electron chi connectivity index (χ3n) is 6.05. The standard InChI is InChI=1S/C26H53N5/c1-2-3-4-5-6-7-8-9-10-11-12-13-14-15-16-17-26-30-23-25-31(26)24-22-29-21-20-28-19-18-27/h9-10,28-29H,2-8,11-25,27H2,1H3. The summed E-state index contributed by atoms with van der Waals surface area (Å²) in [7, 11) is 0. The summed E-state index contributed by atoms with van der Waals surface area (Å²) in [5.74, 6) is 1.35. The maximum absolute atomic E-state index is 5.48. The van der Waals surface area contributed by atoms with Crippen molar-refractivity contribution < 1.29 is 0 Å². The van der Waals surface area contributed by atoms with Crippen molar-refractivity contribution in [1.82, 2.24) is 15.5 Å². The molecular weight excluding hydrogens is 382 g/mol. The van der Waals surface area contributed by atoms with E-state index in [1.54, 1.807) is 0 Å². The lowest BCUT2D eigenvalue weighted by Gasteiger charge is -2.20. The summed E-state index contributed by atoms with van der Waals surface area (Å²) in [4.78, 5) is 7.22. The minimum absolute atomic E-state index is 0.712. The van der Waals surface area contributed by atoms with E-state index in [-0.39, 0.29) is 0 Å². The second-order valence-electron chi connectivity index (χ2n) is 8.91. The van der Waals surface area contributed by atoms with Gasteiger partial charge in [-0.25, -0.2) is 0 Å². The van der Waals surface area contributed by atoms with E-state index in [4.69, 9.17) is 10.7 Å². The zero-order valence-electron chi connectivity index (χ0n) is 20.7. The first kappa shape index (κ1) is 28.1. The number of hydrogen-bond donors (Lipinski definition) is 3. The second-order valence-corrected chi connectivity index (χ2v) is 8.91. The van der Waals surface area contributed by atoms with Gasteiger partial charge < -0.3 is 21.3 Å². The van der Waals surface area contributed by atoms with Gasteiger partial charge in [-0.1, -0.05) is 70.4 Å². The second kappa shape index (κ2) is 22.3. The highest BCUT2D eigenvalue weighted by atomic mass is 15.2. The molecule has 5 nitrogen and oxygen atoms in total. The monoisotopic (exact) mass is 435 g/mol. The summed E-state index contributed by atoms with van der Waals surface area (Å²) in [6.07, 6.45) is 23.7. The summed E-state index contributed by atoms with van der Waals surface area (Å²) in [5.41, 5.74) is 5.48. The van der Waals surface area contributed by atoms with Crippen molar-refractivity contribution in [2.45, 2.75) is 96.8 Å². The Morgan fingerprint density at radius 3 is 2.10 bits per heavy atom. The van der Waals surface area contributed by atoms with Crippen molar-refractivity contribution in [3.05, 3.63) is 12.2 Å². The van der Waals surface area contributed by atoms with Crippen LogP contribution in [-0.2, 0) is 0 Å². The molecule has 0 saturated carbocycles. The number of aliphatic imine (C=N–C) groups is 1. The molecule has 0 bridgehead atoms. The van der Waals surface area contributed by atoms with Crippen molar-refractivity contribution >= 4 is 5.84 Å². The van der Waals surface area contributed by atoms with Crippen LogP contribution in [0.4, 0.5) is 0 Å². The number of nitrogens with zero attached hydrogens (tertiary/aromatic N) is 2. The van der Waals surface area contributed by atoms with Gasteiger partial charge in [0.1, 0.15) is 0 Å². The molecule has 0 fully saturated rings. The van der Waals surface area contributed by atoms with Gasteiger partial charge in [0.15, 0.2) is 0 Å². The van der Waals surface area contributed by atoms with E-state index >= 15 is 0 Å². The van der Waals surface area contributed by atoms with Gasteiger partial charge in [-0.3, -0.25) is 4.99 Å². The number of hydrogen-bond acceptors (Lipinski definition) is 5. The summed E-state index contributed by atoms with van der Waals surface area (Å²) < 4.78 is 0. The first-order chi connectivity index (χ1) is 15.4. The molecule has 0 radical (unpaired) electrons. The quantitative estimate of drug-likeness (QED) is 0.158. The Labute approximate surface area is 193 Å². The van der Waals surface area contributed by atoms with E-state index < -0.39 is 0 Å². The van der Waals surface area contributed by atoms with Crippen LogP contribution in [0.3, 0.4) is 0 Å². The predicted molar refractivity (Wildman–Crippen MR) is 138 cm³/mol. The lowest BCUT2D eigenvalue weighted by molar-refractivity contribution is 0.433. The van der Waals surface area contributed by atoms with Crippen LogP contribution in [0.15, 0.2) is 17.1 Å². The Morgan fingerprint density at radius 2 is 1.42 bits per heavy atom. The molecule has 0 aliphatic carbocycles. The van der Waals surface area contributed by atoms with Crippen molar-refractivity contribution in [2.75, 3.05) is 52.4 Å². The van der Waals surface area contributed by atoms with Gasteiger partial charge in [0, 0.05) is 52.2 Å². The van der Waals surface area contributed by atoms with Crippen LogP contribution in [-0.4, -0.2) is 63.1 Å². The smallest absolute Gasteiger partial charge is 0.0990 e. The summed E-state index contributed by atoms with van der Waals surface area (Å²) in [5, 5.41) is 6.82. The zero-order chi connectivity index (χ0) is 22.2. The average molecular weight is 436 g/mol. The SMILES string of the molecule is CCCCCCCCC=CCCCCCCCC1=NCCN1CCNCCNCCN. The van der Waals surface area contributed by atoms with Crippen LogP contribution in [0.5, 0.6) is 0 Å². The molecule has 0 aromatic heterocycles. The molecule has 0 atom stereocenters. The van der Waals surface area contributed by atoms with Crippen LogP contribution in [0, 0.1) is 0 Å². The predicted octanol–water partition coefficient (Wildman–Crippen LogP) is 4.88. The fraction of sp³-hybridized carbons (Fsp3) is 0.885. The molecule has 5 heteroatoms. The zero-order valence-corrected chi connectivity index (χ0v) is 20.7. The van der Waals surface area contributed by atoms with Crippen LogP contribution in [0.1, 0.15) is 96.8 Å². The molecule has 0 saturated heterocycles. The van der Waals surface area contributed by atoms with Gasteiger partial charge in [-0.05, 0) is 32.1 Å². The Hall–Kier alpha value is -0.910. The first-order valence-electron chi connectivity index (χ1n) is 13.4. The molecule has 4 N–H and O–H groups in total. The molecule has 182 valence electrons. The maximum atomic E-state index is 5.48. The van der Waals surface area contributed by atoms with Crippen molar-refractivity contribution in [3.8, 4) is 0 Å². The lowest BCUT2D eigenvalue weighted by Crippen LogP contribution is -2.37. The van der Waals surface area contributed by atoms with Crippen molar-refractivity contribution in [1.29, 1.82) is 0 Å². The van der Waals surface area contributed by atoms with Crippen LogP contribution < -0.4 is 16.4 Å². The topological polar surface area (TPSA) is 65.7 Å². The van der Waals surface area contributed by atoms with Gasteiger partial charge >= 0.3 is 0 Å². The fourth-order valence-electron chi connectivity index (χ4n) is 4.10. The lowest BCUT2D eigenvalue weighted by atomic mass is 10.1. The van der Waals surface area contributed by atoms with E-state index in [1.807, 2.05) is 0 Å². The number of amidine groups is 1. The van der Waals surface area contributed by atoms with E-state index in [0.29, 0.717) is 6.54 Å². The Kier molecular flexibility index (Phi) is 20.2. The third kappa shape index (κ3) is 17.3. The first-order valence-corrected chi connectivity index (χ1v) is 13.4. The maximum Gasteiger partial charge on any atom is 0.0990 e. The molecule has 1 aliphatic rings. The molecule has 1 aliphatic heterocycles. The summed E-state index contributed by atoms with van der Waals surface area (Å²) in [6.45, 7) is 10.1. The Bertz CT molecular complexity index is 436. The largest absolute Gasteiger partial charge is 0.357 e. The van der Waals surface area contributed by atoms with Gasteiger partial charge in [0.05, 0.1) is 12.4 Å². The molecule has 1 rings (SSSR count). The average Bonchev–Trinajstić information content (AvgIpc) is 3.23. The highest BCUT2D eigenvalue weighted by Gasteiger charge is 2.15. The highest BCUT2D eigenvalue weighted by Crippen LogP contribution is 2.12. The third-order valence-corrected chi connectivity index (χ3v) is 6.05. The molecule has 0 amide bonds. The van der Waals surface area contributed by atoms with Gasteiger partial charge in [-0.15, -0.1) is 0 Å². The van der Waals surface area contributed by atoms with E-state index in [2.05, 4.69) is 34.6 Å². The van der Waals surface area contributed by atoms with Crippen LogP contribution in [0.25, 0.3) is 0 Å². The molecule has 0 aromatic carbocycles. The Morgan fingerprint density at radius 1 is 0.806 bits per heavy atom. The van der Waals surface area contributed by atoms with Gasteiger partial charge in [0.25, 0.3) is 0 Å². The number of nitrogens with two attached hydrogens (primary N) is 1. The van der Waals surface area contributed by atoms with Crippen LogP contribution in [0.2, 0.25) is 0 Å². The molecule has 31 heavy (non-hydrogen) atoms. The normalized spacial score (nSPS) is 14.1. The number of allylic oxidation sites excluding steroid dienone is 2. The molecular formula is C26H53N5. The summed E-state index contributed by atoms with van der Waals surface area (Å²) in [6, 6.07) is 0. The fourth-order valence-corrected chi connectivity index (χ4v) is 4.10. The molecule has 0 aromatic rings. The molecule has 1 heterocycles. The van der Waals surface area contributed by atoms with E-state index in [1.165, 1.54) is 89.3 Å². The molecule has 0 unspecified atom stereocenters. The number of nitrogens with one attached hydrogen (secondary N) is 2. The highest BCUT2D eigenvalue weighted by molar-refractivity contribution is 5.83. The Balaban J connectivity index is 1.87. The van der Waals surface area contributed by atoms with Crippen LogP contribution >= 0.6 is 0 Å². The van der Waals surface area contributed by atoms with E-state index in [9.17, 15) is 0 Å². The summed E-state index contributed by atoms with van der Waals surface area (Å²) >= 11 is 0. The number of rotatable bonds is 23. The minimum Gasteiger partial charge on any atom is -0.357 e. The molecule has 0 spiro atoms. The minimum atomic E-state index is 0.712.